The molecule has 0 radical (unpaired) electrons. The molecule has 0 aliphatic heterocycles. The molecule has 0 saturated heterocycles. The van der Waals surface area contributed by atoms with Crippen molar-refractivity contribution in [3.63, 3.8) is 0 Å². The number of hydrogen-bond acceptors (Lipinski definition) is 6. The molecule has 1 aliphatic carbocycles. The number of ketones is 1. The molecule has 43 heavy (non-hydrogen) atoms. The summed E-state index contributed by atoms with van der Waals surface area (Å²) in [7, 11) is 0. The molecule has 1 aliphatic rings. The van der Waals surface area contributed by atoms with Crippen molar-refractivity contribution in [3.8, 4) is 11.3 Å². The van der Waals surface area contributed by atoms with Crippen LogP contribution in [0.25, 0.3) is 22.2 Å². The number of fused-ring (bicyclic) bond motifs is 1. The molecule has 1 atom stereocenters. The number of rotatable bonds is 8. The molecule has 1 heterocycles. The van der Waals surface area contributed by atoms with Gasteiger partial charge in [0.1, 0.15) is 0 Å². The zero-order valence-electron chi connectivity index (χ0n) is 23.5. The van der Waals surface area contributed by atoms with Crippen molar-refractivity contribution in [2.75, 3.05) is 0 Å². The topological polar surface area (TPSA) is 99.4 Å². The van der Waals surface area contributed by atoms with Crippen molar-refractivity contribution in [2.24, 2.45) is 0 Å². The number of Topliss-reactive ketones (excluding diaryl/α,β-unsaturated/α-hetero) is 1. The number of nitrogens with zero attached hydrogens (tertiary/aromatic N) is 2. The van der Waals surface area contributed by atoms with E-state index in [1.807, 2.05) is 18.2 Å². The van der Waals surface area contributed by atoms with Crippen molar-refractivity contribution in [1.82, 2.24) is 4.98 Å². The normalized spacial score (nSPS) is 14.2. The fraction of sp³-hybridized carbons (Fsp3) is 0.194. The number of carbonyl (C=O) groups excluding carboxylic acids is 2. The molecule has 1 fully saturated rings. The lowest BCUT2D eigenvalue weighted by molar-refractivity contribution is -0.384. The minimum Gasteiger partial charge on any atom is -0.445 e. The van der Waals surface area contributed by atoms with E-state index in [0.29, 0.717) is 33.6 Å². The Morgan fingerprint density at radius 2 is 1.49 bits per heavy atom. The largest absolute Gasteiger partial charge is 0.445 e. The van der Waals surface area contributed by atoms with Gasteiger partial charge in [-0.25, -0.2) is 9.78 Å². The Labute approximate surface area is 249 Å². The highest BCUT2D eigenvalue weighted by Gasteiger charge is 2.28. The molecule has 7 nitrogen and oxygen atoms in total. The van der Waals surface area contributed by atoms with Gasteiger partial charge in [-0.2, -0.15) is 0 Å². The summed E-state index contributed by atoms with van der Waals surface area (Å²) in [5.74, 6) is -0.539. The molecule has 0 N–H and O–H groups in total. The quantitative estimate of drug-likeness (QED) is 0.0801. The lowest BCUT2D eigenvalue weighted by Crippen LogP contribution is -2.20. The summed E-state index contributed by atoms with van der Waals surface area (Å²) in [6.45, 7) is 0. The zero-order valence-corrected chi connectivity index (χ0v) is 23.5. The highest BCUT2D eigenvalue weighted by molar-refractivity contribution is 6.07. The van der Waals surface area contributed by atoms with E-state index in [-0.39, 0.29) is 11.3 Å². The Balaban J connectivity index is 1.36. The van der Waals surface area contributed by atoms with Gasteiger partial charge in [0.2, 0.25) is 5.78 Å². The summed E-state index contributed by atoms with van der Waals surface area (Å²) in [5, 5.41) is 11.8. The number of carbonyl (C=O) groups is 2. The van der Waals surface area contributed by atoms with Crippen LogP contribution in [0.2, 0.25) is 0 Å². The second kappa shape index (κ2) is 12.4. The van der Waals surface area contributed by atoms with Gasteiger partial charge in [-0.3, -0.25) is 14.9 Å². The van der Waals surface area contributed by atoms with Crippen LogP contribution in [0.4, 0.5) is 5.69 Å². The molecule has 6 rings (SSSR count). The smallest absolute Gasteiger partial charge is 0.339 e. The molecule has 0 bridgehead atoms. The van der Waals surface area contributed by atoms with Gasteiger partial charge >= 0.3 is 5.97 Å². The monoisotopic (exact) mass is 570 g/mol. The number of aromatic nitrogens is 1. The van der Waals surface area contributed by atoms with Crippen LogP contribution >= 0.6 is 0 Å². The van der Waals surface area contributed by atoms with Crippen molar-refractivity contribution in [3.05, 3.63) is 142 Å². The van der Waals surface area contributed by atoms with Crippen molar-refractivity contribution in [2.45, 2.75) is 44.1 Å². The van der Waals surface area contributed by atoms with Crippen LogP contribution in [-0.2, 0) is 4.74 Å². The SMILES string of the molecule is O=C(O[C@@H](C(=O)c1ccccc1)c1ccc([N+](=O)[O-])cc1)c1cc(-c2ccc(C3CCCCC3)cc2)nc2ccccc12. The summed E-state index contributed by atoms with van der Waals surface area (Å²) in [5.41, 5.74) is 4.32. The molecular weight excluding hydrogens is 540 g/mol. The van der Waals surface area contributed by atoms with E-state index in [1.54, 1.807) is 42.5 Å². The Hall–Kier alpha value is -5.17. The minimum atomic E-state index is -1.30. The fourth-order valence-electron chi connectivity index (χ4n) is 5.82. The summed E-state index contributed by atoms with van der Waals surface area (Å²) in [6.07, 6.45) is 4.94. The molecule has 1 aromatic heterocycles. The van der Waals surface area contributed by atoms with Gasteiger partial charge in [-0.05, 0) is 48.6 Å². The molecule has 0 spiro atoms. The number of hydrogen-bond donors (Lipinski definition) is 0. The Morgan fingerprint density at radius 1 is 0.814 bits per heavy atom. The first-order valence-corrected chi connectivity index (χ1v) is 14.5. The highest BCUT2D eigenvalue weighted by Crippen LogP contribution is 2.34. The van der Waals surface area contributed by atoms with E-state index in [9.17, 15) is 19.7 Å². The van der Waals surface area contributed by atoms with E-state index >= 15 is 0 Å². The molecule has 1 saturated carbocycles. The molecule has 214 valence electrons. The highest BCUT2D eigenvalue weighted by atomic mass is 16.6. The number of esters is 1. The number of nitro groups is 1. The molecule has 4 aromatic carbocycles. The van der Waals surface area contributed by atoms with E-state index in [0.717, 1.165) is 5.56 Å². The Bertz CT molecular complexity index is 1780. The number of nitro benzene ring substituents is 1. The van der Waals surface area contributed by atoms with Gasteiger partial charge in [0.05, 0.1) is 21.7 Å². The maximum absolute atomic E-state index is 13.9. The van der Waals surface area contributed by atoms with Gasteiger partial charge < -0.3 is 4.74 Å². The third kappa shape index (κ3) is 6.06. The fourth-order valence-corrected chi connectivity index (χ4v) is 5.82. The number of non-ortho nitro benzene ring substituents is 1. The van der Waals surface area contributed by atoms with E-state index in [2.05, 4.69) is 24.3 Å². The van der Waals surface area contributed by atoms with E-state index in [4.69, 9.17) is 9.72 Å². The van der Waals surface area contributed by atoms with E-state index in [1.165, 1.54) is 61.9 Å². The lowest BCUT2D eigenvalue weighted by Gasteiger charge is -2.22. The van der Waals surface area contributed by atoms with Crippen molar-refractivity contribution < 1.29 is 19.2 Å². The maximum atomic E-state index is 13.9. The second-order valence-corrected chi connectivity index (χ2v) is 10.9. The number of ether oxygens (including phenoxy) is 1. The standard InChI is InChI=1S/C36H30N2O5/c39-34(27-11-5-2-6-12-27)35(28-19-21-29(22-20-28)38(41)42)43-36(40)31-23-33(37-32-14-8-7-13-30(31)32)26-17-15-25(16-18-26)24-9-3-1-4-10-24/h2,5-8,11-24,35H,1,3-4,9-10H2/t35-/m1/s1. The van der Waals surface area contributed by atoms with Crippen molar-refractivity contribution >= 4 is 28.3 Å². The zero-order chi connectivity index (χ0) is 29.8. The summed E-state index contributed by atoms with van der Waals surface area (Å²) >= 11 is 0. The predicted molar refractivity (Wildman–Crippen MR) is 165 cm³/mol. The van der Waals surface area contributed by atoms with Crippen LogP contribution in [0.1, 0.15) is 76.0 Å². The van der Waals surface area contributed by atoms with Crippen LogP contribution in [0.3, 0.4) is 0 Å². The molecular formula is C36H30N2O5. The molecule has 5 aromatic rings. The Kier molecular flexibility index (Phi) is 8.05. The average molecular weight is 571 g/mol. The van der Waals surface area contributed by atoms with Gasteiger partial charge in [-0.1, -0.05) is 92.1 Å². The molecule has 0 amide bonds. The summed E-state index contributed by atoms with van der Waals surface area (Å²) in [6, 6.07) is 31.5. The minimum absolute atomic E-state index is 0.125. The van der Waals surface area contributed by atoms with Crippen LogP contribution in [-0.4, -0.2) is 21.7 Å². The number of pyridine rings is 1. The first kappa shape index (κ1) is 28.0. The first-order chi connectivity index (χ1) is 21.0. The number of benzene rings is 4. The number of para-hydroxylation sites is 1. The van der Waals surface area contributed by atoms with Gasteiger partial charge in [0, 0.05) is 34.2 Å². The van der Waals surface area contributed by atoms with Crippen LogP contribution in [0, 0.1) is 10.1 Å². The van der Waals surface area contributed by atoms with Gasteiger partial charge in [-0.15, -0.1) is 0 Å². The lowest BCUT2D eigenvalue weighted by atomic mass is 9.84. The summed E-state index contributed by atoms with van der Waals surface area (Å²) < 4.78 is 5.95. The molecule has 7 heteroatoms. The van der Waals surface area contributed by atoms with Gasteiger partial charge in [0.15, 0.2) is 6.10 Å². The van der Waals surface area contributed by atoms with Crippen LogP contribution in [0.5, 0.6) is 0 Å². The average Bonchev–Trinajstić information content (AvgIpc) is 3.07. The third-order valence-corrected chi connectivity index (χ3v) is 8.15. The molecule has 0 unspecified atom stereocenters. The first-order valence-electron chi connectivity index (χ1n) is 14.5. The van der Waals surface area contributed by atoms with Crippen LogP contribution in [0.15, 0.2) is 109 Å². The predicted octanol–water partition coefficient (Wildman–Crippen LogP) is 8.64. The Morgan fingerprint density at radius 3 is 2.19 bits per heavy atom. The maximum Gasteiger partial charge on any atom is 0.339 e. The van der Waals surface area contributed by atoms with E-state index < -0.39 is 22.8 Å². The van der Waals surface area contributed by atoms with Gasteiger partial charge in [0.25, 0.3) is 5.69 Å². The second-order valence-electron chi connectivity index (χ2n) is 10.9. The van der Waals surface area contributed by atoms with Crippen molar-refractivity contribution in [1.29, 1.82) is 0 Å². The third-order valence-electron chi connectivity index (χ3n) is 8.15. The summed E-state index contributed by atoms with van der Waals surface area (Å²) in [4.78, 5) is 43.0. The van der Waals surface area contributed by atoms with Crippen LogP contribution < -0.4 is 0 Å².